The molecule has 1 amide bonds. The van der Waals surface area contributed by atoms with E-state index in [2.05, 4.69) is 15.2 Å². The molecule has 0 atom stereocenters. The van der Waals surface area contributed by atoms with Gasteiger partial charge in [-0.25, -0.2) is 9.67 Å². The Bertz CT molecular complexity index is 1300. The summed E-state index contributed by atoms with van der Waals surface area (Å²) in [6.45, 7) is 6.10. The average molecular weight is 443 g/mol. The molecule has 4 aromatic rings. The number of likely N-dealkylation sites (N-methyl/N-ethyl adjacent to an activating group) is 1. The SMILES string of the molecule is CCN(C(=O)CO/N=C(/N)c1ccc(-n2nc(C)cc2C)nc1)c1cccc2ccccc12. The second-order valence-corrected chi connectivity index (χ2v) is 7.63. The van der Waals surface area contributed by atoms with Crippen LogP contribution >= 0.6 is 0 Å². The van der Waals surface area contributed by atoms with Gasteiger partial charge in [0.2, 0.25) is 0 Å². The third kappa shape index (κ3) is 4.69. The highest BCUT2D eigenvalue weighted by atomic mass is 16.6. The summed E-state index contributed by atoms with van der Waals surface area (Å²) >= 11 is 0. The highest BCUT2D eigenvalue weighted by Gasteiger charge is 2.17. The standard InChI is InChI=1S/C25H26N6O2/c1-4-30(22-11-7-9-19-8-5-6-10-21(19)22)24(32)16-33-29-25(26)20-12-13-23(27-15-20)31-18(3)14-17(2)28-31/h5-15H,4,16H2,1-3H3,(H2,26,29). The van der Waals surface area contributed by atoms with Crippen molar-refractivity contribution in [1.29, 1.82) is 0 Å². The third-order valence-corrected chi connectivity index (χ3v) is 5.30. The van der Waals surface area contributed by atoms with Gasteiger partial charge in [0.15, 0.2) is 18.3 Å². The molecule has 0 spiro atoms. The molecule has 2 heterocycles. The summed E-state index contributed by atoms with van der Waals surface area (Å²) in [4.78, 5) is 24.2. The topological polar surface area (TPSA) is 98.6 Å². The summed E-state index contributed by atoms with van der Waals surface area (Å²) in [5.41, 5.74) is 9.37. The molecular formula is C25H26N6O2. The molecule has 0 bridgehead atoms. The van der Waals surface area contributed by atoms with Gasteiger partial charge < -0.3 is 15.5 Å². The van der Waals surface area contributed by atoms with Crippen molar-refractivity contribution >= 4 is 28.2 Å². The Morgan fingerprint density at radius 2 is 1.91 bits per heavy atom. The van der Waals surface area contributed by atoms with Crippen LogP contribution < -0.4 is 10.6 Å². The van der Waals surface area contributed by atoms with Gasteiger partial charge in [-0.3, -0.25) is 4.79 Å². The van der Waals surface area contributed by atoms with Crippen molar-refractivity contribution in [3.8, 4) is 5.82 Å². The molecule has 2 N–H and O–H groups in total. The summed E-state index contributed by atoms with van der Waals surface area (Å²) < 4.78 is 1.76. The molecule has 0 aliphatic rings. The Hall–Kier alpha value is -4.20. The van der Waals surface area contributed by atoms with Crippen LogP contribution in [0, 0.1) is 13.8 Å². The van der Waals surface area contributed by atoms with E-state index >= 15 is 0 Å². The quantitative estimate of drug-likeness (QED) is 0.267. The number of rotatable bonds is 7. The molecule has 0 unspecified atom stereocenters. The summed E-state index contributed by atoms with van der Waals surface area (Å²) in [6, 6.07) is 19.4. The lowest BCUT2D eigenvalue weighted by atomic mass is 10.1. The minimum absolute atomic E-state index is 0.142. The van der Waals surface area contributed by atoms with E-state index in [0.717, 1.165) is 27.8 Å². The second kappa shape index (κ2) is 9.52. The number of amides is 1. The number of hydrogen-bond donors (Lipinski definition) is 1. The van der Waals surface area contributed by atoms with Crippen LogP contribution in [0.1, 0.15) is 23.9 Å². The van der Waals surface area contributed by atoms with Gasteiger partial charge in [-0.05, 0) is 50.4 Å². The highest BCUT2D eigenvalue weighted by molar-refractivity contribution is 6.04. The van der Waals surface area contributed by atoms with Gasteiger partial charge in [-0.1, -0.05) is 41.6 Å². The van der Waals surface area contributed by atoms with Crippen molar-refractivity contribution in [2.75, 3.05) is 18.1 Å². The first-order valence-electron chi connectivity index (χ1n) is 10.7. The average Bonchev–Trinajstić information content (AvgIpc) is 3.17. The number of oxime groups is 1. The van der Waals surface area contributed by atoms with Crippen molar-refractivity contribution in [2.45, 2.75) is 20.8 Å². The second-order valence-electron chi connectivity index (χ2n) is 7.63. The lowest BCUT2D eigenvalue weighted by molar-refractivity contribution is -0.123. The Kier molecular flexibility index (Phi) is 6.35. The predicted octanol–water partition coefficient (Wildman–Crippen LogP) is 3.73. The number of fused-ring (bicyclic) bond motifs is 1. The predicted molar refractivity (Wildman–Crippen MR) is 129 cm³/mol. The molecule has 0 saturated heterocycles. The molecule has 0 saturated carbocycles. The van der Waals surface area contributed by atoms with Crippen LogP contribution in [0.2, 0.25) is 0 Å². The first-order chi connectivity index (χ1) is 16.0. The van der Waals surface area contributed by atoms with Gasteiger partial charge in [0.1, 0.15) is 0 Å². The Morgan fingerprint density at radius 1 is 1.12 bits per heavy atom. The molecule has 8 heteroatoms. The fraction of sp³-hybridized carbons (Fsp3) is 0.200. The zero-order chi connectivity index (χ0) is 23.4. The third-order valence-electron chi connectivity index (χ3n) is 5.30. The van der Waals surface area contributed by atoms with E-state index in [-0.39, 0.29) is 18.3 Å². The largest absolute Gasteiger partial charge is 0.384 e. The van der Waals surface area contributed by atoms with Gasteiger partial charge >= 0.3 is 0 Å². The van der Waals surface area contributed by atoms with Crippen LogP contribution in [0.3, 0.4) is 0 Å². The van der Waals surface area contributed by atoms with Crippen molar-refractivity contribution in [3.63, 3.8) is 0 Å². The van der Waals surface area contributed by atoms with Crippen molar-refractivity contribution in [3.05, 3.63) is 83.8 Å². The van der Waals surface area contributed by atoms with Crippen LogP contribution in [0.25, 0.3) is 16.6 Å². The van der Waals surface area contributed by atoms with Gasteiger partial charge in [0.05, 0.1) is 11.4 Å². The fourth-order valence-corrected chi connectivity index (χ4v) is 3.74. The minimum Gasteiger partial charge on any atom is -0.384 e. The number of anilines is 1. The first-order valence-corrected chi connectivity index (χ1v) is 10.7. The number of pyridine rings is 1. The lowest BCUT2D eigenvalue weighted by Gasteiger charge is -2.22. The van der Waals surface area contributed by atoms with Gasteiger partial charge in [-0.2, -0.15) is 5.10 Å². The molecule has 0 aliphatic carbocycles. The minimum atomic E-state index is -0.227. The van der Waals surface area contributed by atoms with Gasteiger partial charge in [0.25, 0.3) is 5.91 Å². The maximum Gasteiger partial charge on any atom is 0.267 e. The number of amidine groups is 1. The Morgan fingerprint density at radius 3 is 2.61 bits per heavy atom. The van der Waals surface area contributed by atoms with Crippen molar-refractivity contribution in [1.82, 2.24) is 14.8 Å². The summed E-state index contributed by atoms with van der Waals surface area (Å²) in [5, 5.41) is 10.4. The zero-order valence-electron chi connectivity index (χ0n) is 18.9. The molecule has 2 aromatic heterocycles. The summed E-state index contributed by atoms with van der Waals surface area (Å²) in [5.74, 6) is 0.619. The Balaban J connectivity index is 1.43. The molecule has 0 fully saturated rings. The highest BCUT2D eigenvalue weighted by Crippen LogP contribution is 2.26. The Labute approximate surface area is 192 Å². The van der Waals surface area contributed by atoms with E-state index in [1.54, 1.807) is 21.8 Å². The number of nitrogens with zero attached hydrogens (tertiary/aromatic N) is 5. The first kappa shape index (κ1) is 22.0. The van der Waals surface area contributed by atoms with Gasteiger partial charge in [-0.15, -0.1) is 0 Å². The zero-order valence-corrected chi connectivity index (χ0v) is 18.9. The normalized spacial score (nSPS) is 11.5. The number of aromatic nitrogens is 3. The molecule has 0 radical (unpaired) electrons. The van der Waals surface area contributed by atoms with Crippen molar-refractivity contribution < 1.29 is 9.63 Å². The number of nitrogens with two attached hydrogens (primary N) is 1. The monoisotopic (exact) mass is 442 g/mol. The summed E-state index contributed by atoms with van der Waals surface area (Å²) in [6.07, 6.45) is 1.60. The molecule has 0 aliphatic heterocycles. The smallest absolute Gasteiger partial charge is 0.267 e. The molecule has 8 nitrogen and oxygen atoms in total. The van der Waals surface area contributed by atoms with Gasteiger partial charge in [0, 0.05) is 29.4 Å². The number of carbonyl (C=O) groups is 1. The summed E-state index contributed by atoms with van der Waals surface area (Å²) in [7, 11) is 0. The van der Waals surface area contributed by atoms with E-state index in [0.29, 0.717) is 17.9 Å². The van der Waals surface area contributed by atoms with Crippen LogP contribution in [0.5, 0.6) is 0 Å². The molecule has 168 valence electrons. The molecule has 2 aromatic carbocycles. The van der Waals surface area contributed by atoms with Crippen LogP contribution in [0.4, 0.5) is 5.69 Å². The van der Waals surface area contributed by atoms with Crippen LogP contribution in [-0.4, -0.2) is 39.7 Å². The van der Waals surface area contributed by atoms with Crippen LogP contribution in [-0.2, 0) is 9.63 Å². The number of benzene rings is 2. The number of carbonyl (C=O) groups excluding carboxylic acids is 1. The van der Waals surface area contributed by atoms with E-state index in [4.69, 9.17) is 10.6 Å². The number of hydrogen-bond acceptors (Lipinski definition) is 5. The van der Waals surface area contributed by atoms with E-state index in [9.17, 15) is 4.79 Å². The number of aryl methyl sites for hydroxylation is 2. The maximum atomic E-state index is 12.8. The van der Waals surface area contributed by atoms with E-state index in [1.165, 1.54) is 0 Å². The van der Waals surface area contributed by atoms with Crippen molar-refractivity contribution in [2.24, 2.45) is 10.9 Å². The van der Waals surface area contributed by atoms with E-state index < -0.39 is 0 Å². The maximum absolute atomic E-state index is 12.8. The molecule has 4 rings (SSSR count). The fourth-order valence-electron chi connectivity index (χ4n) is 3.74. The van der Waals surface area contributed by atoms with E-state index in [1.807, 2.05) is 75.4 Å². The van der Waals surface area contributed by atoms with Crippen LogP contribution in [0.15, 0.2) is 72.0 Å². The lowest BCUT2D eigenvalue weighted by Crippen LogP contribution is -2.33. The molecular weight excluding hydrogens is 416 g/mol. The molecule has 33 heavy (non-hydrogen) atoms.